The van der Waals surface area contributed by atoms with Gasteiger partial charge in [-0.05, 0) is 36.3 Å². The molecule has 0 aromatic carbocycles. The maximum Gasteiger partial charge on any atom is 0.220 e. The van der Waals surface area contributed by atoms with Crippen LogP contribution in [0.5, 0.6) is 0 Å². The SMILES string of the molecule is CN(O[Si](C)(C)C(C)(C)C)[C@H]1CC(O)O[C@@H]1CO[Si](C)(C)C(C)(C)C. The van der Waals surface area contributed by atoms with Crippen LogP contribution in [0.25, 0.3) is 0 Å². The van der Waals surface area contributed by atoms with Crippen LogP contribution in [0.4, 0.5) is 0 Å². The summed E-state index contributed by atoms with van der Waals surface area (Å²) in [6, 6.07) is 0.00823. The molecule has 1 N–H and O–H groups in total. The first-order chi connectivity index (χ1) is 11.0. The Kier molecular flexibility index (Phi) is 7.16. The molecule has 0 bridgehead atoms. The number of hydrogen-bond acceptors (Lipinski definition) is 5. The van der Waals surface area contributed by atoms with Gasteiger partial charge in [-0.1, -0.05) is 41.5 Å². The van der Waals surface area contributed by atoms with Gasteiger partial charge in [0.05, 0.1) is 12.6 Å². The molecular weight excluding hydrogens is 350 g/mol. The third kappa shape index (κ3) is 5.85. The first-order valence-corrected chi connectivity index (χ1v) is 15.2. The van der Waals surface area contributed by atoms with Gasteiger partial charge in [0, 0.05) is 13.5 Å². The maximum atomic E-state index is 10.0. The number of hydroxylamine groups is 2. The molecule has 0 saturated carbocycles. The molecule has 1 fully saturated rings. The minimum atomic E-state index is -1.92. The second-order valence-electron chi connectivity index (χ2n) is 10.4. The summed E-state index contributed by atoms with van der Waals surface area (Å²) in [5, 5.41) is 12.2. The average Bonchev–Trinajstić information content (AvgIpc) is 2.74. The molecule has 0 aromatic heterocycles. The quantitative estimate of drug-likeness (QED) is 0.539. The molecule has 1 unspecified atom stereocenters. The summed E-state index contributed by atoms with van der Waals surface area (Å²) in [7, 11) is -1.80. The molecule has 1 rings (SSSR count). The van der Waals surface area contributed by atoms with Crippen molar-refractivity contribution in [3.8, 4) is 0 Å². The zero-order valence-electron chi connectivity index (χ0n) is 18.3. The number of aliphatic hydroxyl groups is 1. The third-order valence-electron chi connectivity index (χ3n) is 6.26. The number of hydrogen-bond donors (Lipinski definition) is 1. The van der Waals surface area contributed by atoms with Gasteiger partial charge in [0.15, 0.2) is 14.6 Å². The summed E-state index contributed by atoms with van der Waals surface area (Å²) >= 11 is 0. The average molecular weight is 392 g/mol. The van der Waals surface area contributed by atoms with Gasteiger partial charge in [0.2, 0.25) is 8.32 Å². The Labute approximate surface area is 157 Å². The van der Waals surface area contributed by atoms with Gasteiger partial charge in [0.25, 0.3) is 0 Å². The largest absolute Gasteiger partial charge is 0.414 e. The lowest BCUT2D eigenvalue weighted by molar-refractivity contribution is -0.127. The Morgan fingerprint density at radius 2 is 1.48 bits per heavy atom. The molecule has 1 heterocycles. The van der Waals surface area contributed by atoms with E-state index in [0.29, 0.717) is 13.0 Å². The number of ether oxygens (including phenoxy) is 1. The molecular formula is C18H41NO4Si2. The molecule has 1 aliphatic rings. The fourth-order valence-corrected chi connectivity index (χ4v) is 4.45. The van der Waals surface area contributed by atoms with Crippen LogP contribution in [0.3, 0.4) is 0 Å². The molecule has 0 spiro atoms. The van der Waals surface area contributed by atoms with Gasteiger partial charge in [-0.2, -0.15) is 5.06 Å². The summed E-state index contributed by atoms with van der Waals surface area (Å²) in [6.07, 6.45) is -0.362. The van der Waals surface area contributed by atoms with Crippen LogP contribution in [0.15, 0.2) is 0 Å². The predicted octanol–water partition coefficient (Wildman–Crippen LogP) is 4.35. The number of aliphatic hydroxyl groups excluding tert-OH is 1. The monoisotopic (exact) mass is 391 g/mol. The molecule has 0 aromatic rings. The van der Waals surface area contributed by atoms with E-state index < -0.39 is 22.9 Å². The second kappa shape index (κ2) is 7.69. The van der Waals surface area contributed by atoms with Crippen molar-refractivity contribution >= 4 is 16.6 Å². The smallest absolute Gasteiger partial charge is 0.220 e. The molecule has 25 heavy (non-hydrogen) atoms. The Morgan fingerprint density at radius 3 is 1.92 bits per heavy atom. The standard InChI is InChI=1S/C18H41NO4Si2/c1-17(2,3)24(8,9)21-13-15-14(12-16(20)22-15)19(7)23-25(10,11)18(4,5)6/h14-16,20H,12-13H2,1-11H3/t14-,15+,16?/m0/s1. The molecule has 1 aliphatic heterocycles. The van der Waals surface area contributed by atoms with Crippen LogP contribution in [0, 0.1) is 0 Å². The number of nitrogens with zero attached hydrogens (tertiary/aromatic N) is 1. The minimum Gasteiger partial charge on any atom is -0.414 e. The minimum absolute atomic E-state index is 0.00823. The van der Waals surface area contributed by atoms with E-state index in [0.717, 1.165) is 0 Å². The Balaban J connectivity index is 2.78. The van der Waals surface area contributed by atoms with Gasteiger partial charge in [-0.15, -0.1) is 0 Å². The fourth-order valence-electron chi connectivity index (χ4n) is 2.31. The van der Waals surface area contributed by atoms with Crippen molar-refractivity contribution in [1.29, 1.82) is 0 Å². The summed E-state index contributed by atoms with van der Waals surface area (Å²) in [6.45, 7) is 22.8. The molecule has 0 aliphatic carbocycles. The van der Waals surface area contributed by atoms with Gasteiger partial charge in [0.1, 0.15) is 6.10 Å². The van der Waals surface area contributed by atoms with Gasteiger partial charge < -0.3 is 18.8 Å². The highest BCUT2D eigenvalue weighted by molar-refractivity contribution is 6.74. The van der Waals surface area contributed by atoms with E-state index in [4.69, 9.17) is 13.7 Å². The van der Waals surface area contributed by atoms with Gasteiger partial charge in [-0.3, -0.25) is 0 Å². The van der Waals surface area contributed by atoms with Crippen LogP contribution in [0.2, 0.25) is 36.3 Å². The van der Waals surface area contributed by atoms with E-state index >= 15 is 0 Å². The van der Waals surface area contributed by atoms with Gasteiger partial charge >= 0.3 is 0 Å². The van der Waals surface area contributed by atoms with E-state index in [1.54, 1.807) is 0 Å². The van der Waals surface area contributed by atoms with E-state index in [9.17, 15) is 5.11 Å². The summed E-state index contributed by atoms with van der Waals surface area (Å²) < 4.78 is 18.5. The van der Waals surface area contributed by atoms with Crippen molar-refractivity contribution in [3.63, 3.8) is 0 Å². The third-order valence-corrected chi connectivity index (χ3v) is 15.1. The molecule has 150 valence electrons. The van der Waals surface area contributed by atoms with E-state index in [1.807, 2.05) is 12.1 Å². The van der Waals surface area contributed by atoms with Crippen LogP contribution in [-0.4, -0.2) is 58.9 Å². The fraction of sp³-hybridized carbons (Fsp3) is 1.00. The first-order valence-electron chi connectivity index (χ1n) is 9.37. The Hall–Kier alpha value is 0.234. The van der Waals surface area contributed by atoms with E-state index in [2.05, 4.69) is 67.7 Å². The lowest BCUT2D eigenvalue weighted by Crippen LogP contribution is -2.51. The lowest BCUT2D eigenvalue weighted by Gasteiger charge is -2.42. The molecule has 1 saturated heterocycles. The maximum absolute atomic E-state index is 10.0. The van der Waals surface area contributed by atoms with Crippen LogP contribution >= 0.6 is 0 Å². The zero-order valence-corrected chi connectivity index (χ0v) is 20.3. The second-order valence-corrected chi connectivity index (χ2v) is 19.9. The highest BCUT2D eigenvalue weighted by atomic mass is 28.4. The highest BCUT2D eigenvalue weighted by Crippen LogP contribution is 2.39. The van der Waals surface area contributed by atoms with Crippen molar-refractivity contribution in [1.82, 2.24) is 5.06 Å². The molecule has 0 amide bonds. The highest BCUT2D eigenvalue weighted by Gasteiger charge is 2.45. The molecule has 7 heteroatoms. The van der Waals surface area contributed by atoms with Crippen molar-refractivity contribution in [3.05, 3.63) is 0 Å². The van der Waals surface area contributed by atoms with Crippen LogP contribution in [0.1, 0.15) is 48.0 Å². The molecule has 3 atom stereocenters. The molecule has 0 radical (unpaired) electrons. The summed E-state index contributed by atoms with van der Waals surface area (Å²) in [5.74, 6) is 0. The van der Waals surface area contributed by atoms with Crippen molar-refractivity contribution in [2.75, 3.05) is 13.7 Å². The number of likely N-dealkylation sites (N-methyl/N-ethyl adjacent to an activating group) is 1. The topological polar surface area (TPSA) is 51.2 Å². The van der Waals surface area contributed by atoms with Crippen LogP contribution in [-0.2, 0) is 13.7 Å². The van der Waals surface area contributed by atoms with E-state index in [-0.39, 0.29) is 22.2 Å². The zero-order chi connectivity index (χ0) is 19.8. The van der Waals surface area contributed by atoms with Crippen LogP contribution < -0.4 is 0 Å². The lowest BCUT2D eigenvalue weighted by atomic mass is 10.1. The number of rotatable bonds is 6. The van der Waals surface area contributed by atoms with Crippen molar-refractivity contribution in [2.45, 2.75) is 103 Å². The Bertz CT molecular complexity index is 443. The predicted molar refractivity (Wildman–Crippen MR) is 108 cm³/mol. The van der Waals surface area contributed by atoms with Gasteiger partial charge in [-0.25, -0.2) is 0 Å². The van der Waals surface area contributed by atoms with Crippen molar-refractivity contribution < 1.29 is 18.8 Å². The first kappa shape index (κ1) is 23.3. The summed E-state index contributed by atoms with van der Waals surface area (Å²) in [5.41, 5.74) is 0. The van der Waals surface area contributed by atoms with Crippen molar-refractivity contribution in [2.24, 2.45) is 0 Å². The van der Waals surface area contributed by atoms with E-state index in [1.165, 1.54) is 0 Å². The molecule has 5 nitrogen and oxygen atoms in total. The Morgan fingerprint density at radius 1 is 1.00 bits per heavy atom. The summed E-state index contributed by atoms with van der Waals surface area (Å²) in [4.78, 5) is 0. The normalized spacial score (nSPS) is 26.5.